The number of aliphatic hydroxyl groups excluding tert-OH is 1. The van der Waals surface area contributed by atoms with Gasteiger partial charge in [0.05, 0.1) is 11.7 Å². The van der Waals surface area contributed by atoms with E-state index in [4.69, 9.17) is 9.47 Å². The standard InChI is InChI=1S/C32H52O4/c1-18-24-20-10-11-22-28(5)14-13-23(35-19(2)33)27(3,4)21(28)12-15-31(22,8)30(20,7)17-16-29(24,6)25(34)26-32(18,9)36-26/h18,20-26,34H,10-17H2,1-9H3/t18-,20+,21-,22+,23-,24-,25-,26+,28-,29+,30+,31+,32-/m0/s1. The molecule has 13 atom stereocenters. The van der Waals surface area contributed by atoms with Gasteiger partial charge in [-0.05, 0) is 110 Å². The van der Waals surface area contributed by atoms with E-state index in [1.807, 2.05) is 0 Å². The minimum Gasteiger partial charge on any atom is -0.462 e. The van der Waals surface area contributed by atoms with Gasteiger partial charge in [-0.3, -0.25) is 4.79 Å². The van der Waals surface area contributed by atoms with Crippen LogP contribution >= 0.6 is 0 Å². The smallest absolute Gasteiger partial charge is 0.302 e. The lowest BCUT2D eigenvalue weighted by molar-refractivity contribution is -0.263. The van der Waals surface area contributed by atoms with Gasteiger partial charge in [0, 0.05) is 12.3 Å². The van der Waals surface area contributed by atoms with Crippen molar-refractivity contribution in [2.45, 2.75) is 138 Å². The van der Waals surface area contributed by atoms with Crippen LogP contribution in [0.5, 0.6) is 0 Å². The van der Waals surface area contributed by atoms with Gasteiger partial charge in [-0.1, -0.05) is 48.5 Å². The predicted molar refractivity (Wildman–Crippen MR) is 141 cm³/mol. The molecule has 5 saturated carbocycles. The first kappa shape index (κ1) is 25.7. The Morgan fingerprint density at radius 1 is 0.833 bits per heavy atom. The molecular weight excluding hydrogens is 448 g/mol. The van der Waals surface area contributed by atoms with Crippen LogP contribution in [0.15, 0.2) is 0 Å². The summed E-state index contributed by atoms with van der Waals surface area (Å²) < 4.78 is 12.2. The van der Waals surface area contributed by atoms with Crippen LogP contribution in [0.3, 0.4) is 0 Å². The minimum atomic E-state index is -0.329. The maximum atomic E-state index is 11.9. The molecule has 4 nitrogen and oxygen atoms in total. The monoisotopic (exact) mass is 500 g/mol. The summed E-state index contributed by atoms with van der Waals surface area (Å²) in [6, 6.07) is 0. The van der Waals surface area contributed by atoms with Gasteiger partial charge < -0.3 is 14.6 Å². The van der Waals surface area contributed by atoms with Crippen molar-refractivity contribution >= 4 is 5.97 Å². The number of hydrogen-bond donors (Lipinski definition) is 1. The van der Waals surface area contributed by atoms with Gasteiger partial charge in [0.2, 0.25) is 0 Å². The van der Waals surface area contributed by atoms with Gasteiger partial charge in [-0.2, -0.15) is 0 Å². The van der Waals surface area contributed by atoms with Gasteiger partial charge in [-0.15, -0.1) is 0 Å². The second-order valence-electron chi connectivity index (χ2n) is 16.1. The van der Waals surface area contributed by atoms with Crippen molar-refractivity contribution in [3.8, 4) is 0 Å². The number of carbonyl (C=O) groups excluding carboxylic acids is 1. The SMILES string of the molecule is CC(=O)O[C@H]1CC[C@]2(C)[C@H]3CC[C@@H]4[C@@H]5[C@H](C)[C@]6(C)O[C@@H]6[C@H](O)[C@]5(C)CC[C@@]4(C)[C@]3(C)CC[C@H]2C1(C)C. The summed E-state index contributed by atoms with van der Waals surface area (Å²) in [5.41, 5.74) is 0.728. The Labute approximate surface area is 219 Å². The third-order valence-corrected chi connectivity index (χ3v) is 14.9. The highest BCUT2D eigenvalue weighted by molar-refractivity contribution is 5.66. The van der Waals surface area contributed by atoms with Gasteiger partial charge in [0.1, 0.15) is 12.2 Å². The first-order valence-electron chi connectivity index (χ1n) is 15.1. The average Bonchev–Trinajstić information content (AvgIpc) is 3.48. The fourth-order valence-corrected chi connectivity index (χ4v) is 12.5. The Hall–Kier alpha value is -0.610. The molecule has 6 rings (SSSR count). The first-order chi connectivity index (χ1) is 16.6. The lowest BCUT2D eigenvalue weighted by atomic mass is 9.31. The van der Waals surface area contributed by atoms with Crippen LogP contribution in [0.2, 0.25) is 0 Å². The molecular formula is C32H52O4. The van der Waals surface area contributed by atoms with Gasteiger partial charge in [0.25, 0.3) is 0 Å². The summed E-state index contributed by atoms with van der Waals surface area (Å²) in [6.07, 6.45) is 9.35. The number of fused-ring (bicyclic) bond motifs is 8. The molecule has 4 heteroatoms. The van der Waals surface area contributed by atoms with Crippen molar-refractivity contribution in [3.05, 3.63) is 0 Å². The Morgan fingerprint density at radius 3 is 2.19 bits per heavy atom. The van der Waals surface area contributed by atoms with E-state index >= 15 is 0 Å². The molecule has 204 valence electrons. The molecule has 0 aromatic carbocycles. The van der Waals surface area contributed by atoms with E-state index in [1.54, 1.807) is 6.92 Å². The number of carbonyl (C=O) groups is 1. The molecule has 0 aromatic rings. The average molecular weight is 501 g/mol. The molecule has 1 saturated heterocycles. The zero-order valence-corrected chi connectivity index (χ0v) is 24.4. The summed E-state index contributed by atoms with van der Waals surface area (Å²) >= 11 is 0. The number of hydrogen-bond acceptors (Lipinski definition) is 4. The van der Waals surface area contributed by atoms with Crippen LogP contribution in [-0.2, 0) is 14.3 Å². The van der Waals surface area contributed by atoms with Crippen LogP contribution in [-0.4, -0.2) is 35.0 Å². The van der Waals surface area contributed by atoms with Crippen molar-refractivity contribution in [2.24, 2.45) is 56.7 Å². The van der Waals surface area contributed by atoms with Crippen LogP contribution in [0.4, 0.5) is 0 Å². The van der Waals surface area contributed by atoms with Crippen molar-refractivity contribution in [3.63, 3.8) is 0 Å². The lowest BCUT2D eigenvalue weighted by Crippen LogP contribution is -2.69. The number of aliphatic hydroxyl groups is 1. The fourth-order valence-electron chi connectivity index (χ4n) is 12.5. The van der Waals surface area contributed by atoms with Crippen molar-refractivity contribution in [2.75, 3.05) is 0 Å². The first-order valence-corrected chi connectivity index (χ1v) is 15.1. The minimum absolute atomic E-state index is 0.0117. The van der Waals surface area contributed by atoms with Gasteiger partial charge >= 0.3 is 5.97 Å². The maximum Gasteiger partial charge on any atom is 0.302 e. The number of ether oxygens (including phenoxy) is 2. The quantitative estimate of drug-likeness (QED) is 0.318. The highest BCUT2D eigenvalue weighted by Gasteiger charge is 2.76. The fraction of sp³-hybridized carbons (Fsp3) is 0.969. The molecule has 1 heterocycles. The zero-order chi connectivity index (χ0) is 26.3. The van der Waals surface area contributed by atoms with E-state index in [0.29, 0.717) is 35.0 Å². The van der Waals surface area contributed by atoms with Crippen LogP contribution < -0.4 is 0 Å². The van der Waals surface area contributed by atoms with Crippen LogP contribution in [0.1, 0.15) is 114 Å². The van der Waals surface area contributed by atoms with Crippen molar-refractivity contribution in [1.82, 2.24) is 0 Å². The van der Waals surface area contributed by atoms with E-state index in [-0.39, 0.29) is 51.5 Å². The molecule has 6 aliphatic rings. The van der Waals surface area contributed by atoms with Crippen molar-refractivity contribution < 1.29 is 19.4 Å². The molecule has 0 aromatic heterocycles. The highest BCUT2D eigenvalue weighted by atomic mass is 16.6. The lowest BCUT2D eigenvalue weighted by Gasteiger charge is -2.74. The van der Waals surface area contributed by atoms with E-state index < -0.39 is 0 Å². The summed E-state index contributed by atoms with van der Waals surface area (Å²) in [5, 5.41) is 11.5. The topological polar surface area (TPSA) is 59.1 Å². The summed E-state index contributed by atoms with van der Waals surface area (Å²) in [4.78, 5) is 11.9. The molecule has 0 spiro atoms. The maximum absolute atomic E-state index is 11.9. The normalized spacial score (nSPS) is 60.9. The molecule has 1 aliphatic heterocycles. The van der Waals surface area contributed by atoms with Crippen LogP contribution in [0, 0.1) is 56.7 Å². The molecule has 0 unspecified atom stereocenters. The summed E-state index contributed by atoms with van der Waals surface area (Å²) in [6.45, 7) is 21.4. The Balaban J connectivity index is 1.36. The molecule has 0 amide bonds. The molecule has 0 bridgehead atoms. The zero-order valence-electron chi connectivity index (χ0n) is 24.4. The van der Waals surface area contributed by atoms with E-state index in [2.05, 4.69) is 55.4 Å². The van der Waals surface area contributed by atoms with Gasteiger partial charge in [-0.25, -0.2) is 0 Å². The number of epoxide rings is 1. The number of rotatable bonds is 1. The van der Waals surface area contributed by atoms with Gasteiger partial charge in [0.15, 0.2) is 0 Å². The number of esters is 1. The highest BCUT2D eigenvalue weighted by Crippen LogP contribution is 2.78. The second-order valence-corrected chi connectivity index (χ2v) is 16.1. The van der Waals surface area contributed by atoms with E-state index in [9.17, 15) is 9.90 Å². The molecule has 1 N–H and O–H groups in total. The summed E-state index contributed by atoms with van der Waals surface area (Å²) in [7, 11) is 0. The predicted octanol–water partition coefficient (Wildman–Crippen LogP) is 6.78. The van der Waals surface area contributed by atoms with E-state index in [0.717, 1.165) is 12.8 Å². The van der Waals surface area contributed by atoms with Crippen LogP contribution in [0.25, 0.3) is 0 Å². The third-order valence-electron chi connectivity index (χ3n) is 14.9. The molecule has 5 aliphatic carbocycles. The molecule has 0 radical (unpaired) electrons. The Kier molecular flexibility index (Phi) is 5.21. The second kappa shape index (κ2) is 7.32. The largest absolute Gasteiger partial charge is 0.462 e. The van der Waals surface area contributed by atoms with E-state index in [1.165, 1.54) is 38.5 Å². The third kappa shape index (κ3) is 2.82. The summed E-state index contributed by atoms with van der Waals surface area (Å²) in [5.74, 6) is 2.83. The molecule has 36 heavy (non-hydrogen) atoms. The Morgan fingerprint density at radius 2 is 1.53 bits per heavy atom. The Bertz CT molecular complexity index is 960. The molecule has 6 fully saturated rings. The van der Waals surface area contributed by atoms with Crippen molar-refractivity contribution in [1.29, 1.82) is 0 Å².